The van der Waals surface area contributed by atoms with Gasteiger partial charge in [0.25, 0.3) is 0 Å². The van der Waals surface area contributed by atoms with Gasteiger partial charge in [-0.2, -0.15) is 0 Å². The van der Waals surface area contributed by atoms with E-state index in [2.05, 4.69) is 6.01 Å². The van der Waals surface area contributed by atoms with Gasteiger partial charge in [-0.3, -0.25) is 0 Å². The first-order valence-corrected chi connectivity index (χ1v) is 15.2. The van der Waals surface area contributed by atoms with Gasteiger partial charge in [-0.1, -0.05) is 51.4 Å². The van der Waals surface area contributed by atoms with Gasteiger partial charge in [-0.25, -0.2) is 9.98 Å². The first kappa shape index (κ1) is 27.7. The van der Waals surface area contributed by atoms with E-state index in [1.165, 1.54) is 0 Å². The summed E-state index contributed by atoms with van der Waals surface area (Å²) in [5.41, 5.74) is 0. The number of aliphatic hydroxyl groups is 2. The maximum absolute atomic E-state index is 10.7. The highest BCUT2D eigenvalue weighted by atomic mass is 16.6. The van der Waals surface area contributed by atoms with E-state index in [-0.39, 0.29) is 48.7 Å². The Hall–Kier alpha value is -0.860. The Bertz CT molecular complexity index is 761. The monoisotopic (exact) mass is 520 g/mol. The van der Waals surface area contributed by atoms with Crippen molar-refractivity contribution >= 4 is 6.01 Å². The van der Waals surface area contributed by atoms with Gasteiger partial charge in [0.05, 0.1) is 67.9 Å². The molecule has 10 atom stereocenters. The van der Waals surface area contributed by atoms with Crippen molar-refractivity contribution in [3.8, 4) is 0 Å². The highest BCUT2D eigenvalue weighted by molar-refractivity contribution is 5.42. The van der Waals surface area contributed by atoms with Crippen LogP contribution in [0.25, 0.3) is 0 Å². The van der Waals surface area contributed by atoms with Gasteiger partial charge >= 0.3 is 0 Å². The fourth-order valence-corrected chi connectivity index (χ4v) is 6.85. The predicted molar refractivity (Wildman–Crippen MR) is 140 cm³/mol. The van der Waals surface area contributed by atoms with Crippen molar-refractivity contribution in [1.29, 1.82) is 0 Å². The van der Waals surface area contributed by atoms with E-state index in [1.54, 1.807) is 0 Å². The standard InChI is InChI=1S/C29H48N2O6/c32-22-11-3-7-15-26(22)35-18-29(37-27-16-8-4-12-23(27)33)28-17-34-24-13-5-1-9-20(24)30-19-31-21-10-2-6-14-25(21)36-28/h20-29,32-33H,1-18H2. The van der Waals surface area contributed by atoms with Crippen molar-refractivity contribution in [3.05, 3.63) is 0 Å². The number of aliphatic imine (C=N–C) groups is 2. The molecule has 0 aromatic rings. The van der Waals surface area contributed by atoms with Gasteiger partial charge in [0.1, 0.15) is 12.2 Å². The largest absolute Gasteiger partial charge is 0.390 e. The summed E-state index contributed by atoms with van der Waals surface area (Å²) in [6.45, 7) is 0.730. The predicted octanol–water partition coefficient (Wildman–Crippen LogP) is 4.21. The normalized spacial score (nSPS) is 42.3. The Morgan fingerprint density at radius 1 is 0.703 bits per heavy atom. The van der Waals surface area contributed by atoms with Gasteiger partial charge in [-0.05, 0) is 51.4 Å². The molecule has 0 aromatic heterocycles. The summed E-state index contributed by atoms with van der Waals surface area (Å²) >= 11 is 0. The van der Waals surface area contributed by atoms with Crippen LogP contribution in [0.15, 0.2) is 9.98 Å². The van der Waals surface area contributed by atoms with Crippen LogP contribution < -0.4 is 0 Å². The number of aliphatic hydroxyl groups excluding tert-OH is 2. The van der Waals surface area contributed by atoms with Gasteiger partial charge < -0.3 is 29.2 Å². The first-order valence-electron chi connectivity index (χ1n) is 15.2. The SMILES string of the molecule is OC1CCCCC1OCC(OC1CCCCC1O)C1COC2CCCCC2N=C=NC2CCCCC2O1. The molecule has 10 unspecified atom stereocenters. The minimum Gasteiger partial charge on any atom is -0.390 e. The molecule has 0 bridgehead atoms. The molecule has 37 heavy (non-hydrogen) atoms. The van der Waals surface area contributed by atoms with Crippen molar-refractivity contribution in [2.24, 2.45) is 9.98 Å². The fraction of sp³-hybridized carbons (Fsp3) is 0.966. The van der Waals surface area contributed by atoms with E-state index in [1.807, 2.05) is 0 Å². The summed E-state index contributed by atoms with van der Waals surface area (Å²) in [6, 6.07) is 3.18. The Labute approximate surface area is 222 Å². The average molecular weight is 521 g/mol. The lowest BCUT2D eigenvalue weighted by molar-refractivity contribution is -0.202. The fourth-order valence-electron chi connectivity index (χ4n) is 6.85. The average Bonchev–Trinajstić information content (AvgIpc) is 2.95. The summed E-state index contributed by atoms with van der Waals surface area (Å²) in [6.07, 6.45) is 13.9. The lowest BCUT2D eigenvalue weighted by atomic mass is 9.92. The Balaban J connectivity index is 1.36. The molecule has 4 fully saturated rings. The summed E-state index contributed by atoms with van der Waals surface area (Å²) in [7, 11) is 0. The Kier molecular flexibility index (Phi) is 10.5. The quantitative estimate of drug-likeness (QED) is 0.544. The zero-order chi connectivity index (χ0) is 25.5. The molecule has 1 aliphatic heterocycles. The van der Waals surface area contributed by atoms with E-state index in [4.69, 9.17) is 28.9 Å². The van der Waals surface area contributed by atoms with Crippen molar-refractivity contribution in [1.82, 2.24) is 0 Å². The topological polar surface area (TPSA) is 102 Å². The molecule has 8 nitrogen and oxygen atoms in total. The van der Waals surface area contributed by atoms with E-state index in [0.29, 0.717) is 13.2 Å². The van der Waals surface area contributed by atoms with Crippen molar-refractivity contribution < 1.29 is 29.2 Å². The van der Waals surface area contributed by atoms with Crippen LogP contribution in [0.1, 0.15) is 103 Å². The van der Waals surface area contributed by atoms with Crippen LogP contribution in [0, 0.1) is 0 Å². The third kappa shape index (κ3) is 7.63. The molecule has 4 aliphatic carbocycles. The summed E-state index contributed by atoms with van der Waals surface area (Å²) < 4.78 is 26.3. The number of fused-ring (bicyclic) bond motifs is 2. The lowest BCUT2D eigenvalue weighted by Gasteiger charge is -2.39. The second-order valence-electron chi connectivity index (χ2n) is 11.9. The number of hydrogen-bond acceptors (Lipinski definition) is 8. The minimum atomic E-state index is -0.469. The highest BCUT2D eigenvalue weighted by Gasteiger charge is 2.38. The van der Waals surface area contributed by atoms with Gasteiger partial charge in [0.15, 0.2) is 0 Å². The van der Waals surface area contributed by atoms with E-state index in [0.717, 1.165) is 103 Å². The van der Waals surface area contributed by atoms with E-state index >= 15 is 0 Å². The number of ether oxygens (including phenoxy) is 4. The van der Waals surface area contributed by atoms with Crippen LogP contribution in [-0.4, -0.2) is 90.4 Å². The van der Waals surface area contributed by atoms with Gasteiger partial charge in [-0.15, -0.1) is 0 Å². The summed E-state index contributed by atoms with van der Waals surface area (Å²) in [4.78, 5) is 9.45. The molecule has 8 heteroatoms. The van der Waals surface area contributed by atoms with Crippen molar-refractivity contribution in [2.45, 2.75) is 164 Å². The zero-order valence-electron chi connectivity index (χ0n) is 22.4. The molecule has 210 valence electrons. The second-order valence-corrected chi connectivity index (χ2v) is 11.9. The summed E-state index contributed by atoms with van der Waals surface area (Å²) in [5.74, 6) is 0. The number of nitrogens with zero attached hydrogens (tertiary/aromatic N) is 2. The smallest absolute Gasteiger partial charge is 0.110 e. The third-order valence-corrected chi connectivity index (χ3v) is 9.18. The number of rotatable bonds is 6. The molecule has 1 heterocycles. The van der Waals surface area contributed by atoms with E-state index in [9.17, 15) is 10.2 Å². The van der Waals surface area contributed by atoms with Crippen LogP contribution in [-0.2, 0) is 18.9 Å². The molecule has 4 saturated carbocycles. The van der Waals surface area contributed by atoms with Crippen LogP contribution in [0.5, 0.6) is 0 Å². The summed E-state index contributed by atoms with van der Waals surface area (Å²) in [5, 5.41) is 21.3. The maximum Gasteiger partial charge on any atom is 0.110 e. The van der Waals surface area contributed by atoms with Crippen molar-refractivity contribution in [2.75, 3.05) is 13.2 Å². The second kappa shape index (κ2) is 14.0. The molecular formula is C29H48N2O6. The molecule has 2 N–H and O–H groups in total. The van der Waals surface area contributed by atoms with Gasteiger partial charge in [0, 0.05) is 0 Å². The molecule has 0 amide bonds. The Morgan fingerprint density at radius 2 is 1.27 bits per heavy atom. The molecular weight excluding hydrogens is 472 g/mol. The minimum absolute atomic E-state index is 0.0321. The molecule has 0 aromatic carbocycles. The van der Waals surface area contributed by atoms with Crippen LogP contribution >= 0.6 is 0 Å². The molecule has 0 spiro atoms. The molecule has 5 aliphatic rings. The van der Waals surface area contributed by atoms with Crippen molar-refractivity contribution in [3.63, 3.8) is 0 Å². The zero-order valence-corrected chi connectivity index (χ0v) is 22.4. The lowest BCUT2D eigenvalue weighted by Crippen LogP contribution is -2.49. The maximum atomic E-state index is 10.7. The van der Waals surface area contributed by atoms with E-state index < -0.39 is 12.2 Å². The first-order chi connectivity index (χ1) is 18.2. The third-order valence-electron chi connectivity index (χ3n) is 9.18. The van der Waals surface area contributed by atoms with Gasteiger partial charge in [0.2, 0.25) is 0 Å². The van der Waals surface area contributed by atoms with Crippen LogP contribution in [0.2, 0.25) is 0 Å². The Morgan fingerprint density at radius 3 is 1.97 bits per heavy atom. The highest BCUT2D eigenvalue weighted by Crippen LogP contribution is 2.31. The van der Waals surface area contributed by atoms with Crippen LogP contribution in [0.4, 0.5) is 0 Å². The number of hydrogen-bond donors (Lipinski definition) is 2. The molecule has 5 rings (SSSR count). The molecule has 0 radical (unpaired) electrons. The van der Waals surface area contributed by atoms with Crippen LogP contribution in [0.3, 0.4) is 0 Å². The molecule has 0 saturated heterocycles.